The molecule has 0 spiro atoms. The number of thiophene rings is 2. The first-order valence-corrected chi connectivity index (χ1v) is 25.3. The summed E-state index contributed by atoms with van der Waals surface area (Å²) in [7, 11) is -3.26. The Morgan fingerprint density at radius 1 is 0.338 bits per heavy atom. The highest BCUT2D eigenvalue weighted by molar-refractivity contribution is 7.33. The molecule has 0 fully saturated rings. The molecule has 8 aromatic heterocycles. The number of fused-ring (bicyclic) bond motifs is 12. The highest BCUT2D eigenvalue weighted by atomic mass is 32.1. The van der Waals surface area contributed by atoms with Crippen LogP contribution in [0.2, 0.25) is 0 Å². The third-order valence-electron chi connectivity index (χ3n) is 13.2. The Balaban J connectivity index is 1.04. The zero-order chi connectivity index (χ0) is 42.6. The summed E-state index contributed by atoms with van der Waals surface area (Å²) < 4.78 is 9.55. The smallest absolute Gasteiger partial charge is 0.227 e. The van der Waals surface area contributed by atoms with E-state index in [1.807, 2.05) is 59.6 Å². The van der Waals surface area contributed by atoms with Crippen LogP contribution in [0.15, 0.2) is 207 Å². The van der Waals surface area contributed by atoms with Crippen molar-refractivity contribution in [1.29, 1.82) is 0 Å². The molecule has 6 aromatic carbocycles. The van der Waals surface area contributed by atoms with Gasteiger partial charge in [0, 0.05) is 77.9 Å². The summed E-state index contributed by atoms with van der Waals surface area (Å²) in [6.07, 6.45) is 7.84. The van der Waals surface area contributed by atoms with Gasteiger partial charge in [-0.15, -0.1) is 22.7 Å². The highest BCUT2D eigenvalue weighted by Crippen LogP contribution is 2.40. The van der Waals surface area contributed by atoms with Crippen LogP contribution < -0.4 is 21.0 Å². The number of nitrogens with zero attached hydrogens (tertiary/aromatic N) is 6. The molecular weight excluding hydrogens is 849 g/mol. The molecule has 0 aliphatic carbocycles. The third-order valence-corrected chi connectivity index (χ3v) is 20.6. The Hall–Kier alpha value is -7.82. The molecular formula is C56H34N6S2Si. The maximum atomic E-state index is 5.54. The van der Waals surface area contributed by atoms with Crippen molar-refractivity contribution in [2.45, 2.75) is 0 Å². The molecule has 0 radical (unpaired) electrons. The van der Waals surface area contributed by atoms with Crippen LogP contribution in [0.25, 0.3) is 95.6 Å². The standard InChI is InChI=1S/C56H34N6S2Si/c1-3-13-37(14-4-1)65(38-15-5-2-6-16-38,55-53-39(27-31-59-55)43-33-35(23-25-49(43)63-53)61-45-19-9-7-17-41(45)51-47(61)21-11-29-57-51)56-54-40(28-32-60-56)44-34-36(24-26-50(44)64-54)62-46-20-10-8-18-42(46)52-48(62)22-12-30-58-52/h1-34H. The monoisotopic (exact) mass is 882 g/mol. The van der Waals surface area contributed by atoms with E-state index < -0.39 is 8.07 Å². The van der Waals surface area contributed by atoms with Gasteiger partial charge in [0.2, 0.25) is 8.07 Å². The lowest BCUT2D eigenvalue weighted by molar-refractivity contribution is 1.18. The third kappa shape index (κ3) is 5.19. The number of para-hydroxylation sites is 2. The molecule has 304 valence electrons. The van der Waals surface area contributed by atoms with E-state index in [4.69, 9.17) is 19.9 Å². The molecule has 0 atom stereocenters. The van der Waals surface area contributed by atoms with Crippen molar-refractivity contribution >= 4 is 136 Å². The molecule has 0 aliphatic rings. The van der Waals surface area contributed by atoms with Gasteiger partial charge in [0.05, 0.1) is 53.1 Å². The summed E-state index contributed by atoms with van der Waals surface area (Å²) in [6, 6.07) is 65.9. The average Bonchev–Trinajstić information content (AvgIpc) is 4.13. The zero-order valence-electron chi connectivity index (χ0n) is 34.6. The largest absolute Gasteiger partial charge is 0.308 e. The van der Waals surface area contributed by atoms with Gasteiger partial charge in [0.25, 0.3) is 0 Å². The number of hydrogen-bond donors (Lipinski definition) is 0. The molecule has 8 heterocycles. The van der Waals surface area contributed by atoms with E-state index in [1.165, 1.54) is 50.7 Å². The van der Waals surface area contributed by atoms with E-state index in [0.29, 0.717) is 0 Å². The molecule has 0 saturated carbocycles. The molecule has 0 amide bonds. The Labute approximate surface area is 381 Å². The molecule has 0 N–H and O–H groups in total. The molecule has 0 bridgehead atoms. The molecule has 14 rings (SSSR count). The first-order chi connectivity index (χ1) is 32.3. The van der Waals surface area contributed by atoms with E-state index >= 15 is 0 Å². The molecule has 6 nitrogen and oxygen atoms in total. The summed E-state index contributed by atoms with van der Waals surface area (Å²) in [4.78, 5) is 20.7. The van der Waals surface area contributed by atoms with Gasteiger partial charge in [0.15, 0.2) is 0 Å². The number of benzene rings is 6. The second kappa shape index (κ2) is 14.1. The SMILES string of the molecule is c1ccc([Si](c2ccccc2)(c2nccc3c2sc2ccc(-n4c5ccccc5c5ncccc54)cc23)c2nccc3c2sc2ccc(-n4c5ccccc5c5ncccc54)cc23)cc1. The summed E-state index contributed by atoms with van der Waals surface area (Å²) >= 11 is 3.69. The van der Waals surface area contributed by atoms with Gasteiger partial charge < -0.3 is 9.13 Å². The molecule has 9 heteroatoms. The normalized spacial score (nSPS) is 12.3. The first kappa shape index (κ1) is 36.6. The molecule has 0 saturated heterocycles. The maximum Gasteiger partial charge on any atom is 0.227 e. The highest BCUT2D eigenvalue weighted by Gasteiger charge is 2.47. The Kier molecular flexibility index (Phi) is 7.94. The second-order valence-electron chi connectivity index (χ2n) is 16.6. The van der Waals surface area contributed by atoms with Gasteiger partial charge in [-0.2, -0.15) is 0 Å². The van der Waals surface area contributed by atoms with Crippen LogP contribution in [0.1, 0.15) is 0 Å². The van der Waals surface area contributed by atoms with Gasteiger partial charge in [-0.1, -0.05) is 97.1 Å². The fraction of sp³-hybridized carbons (Fsp3) is 0. The topological polar surface area (TPSA) is 61.4 Å². The molecule has 14 aromatic rings. The van der Waals surface area contributed by atoms with E-state index in [9.17, 15) is 0 Å². The first-order valence-electron chi connectivity index (χ1n) is 21.7. The predicted octanol–water partition coefficient (Wildman–Crippen LogP) is 11.6. The number of aromatic nitrogens is 6. The van der Waals surface area contributed by atoms with Gasteiger partial charge in [-0.25, -0.2) is 0 Å². The van der Waals surface area contributed by atoms with Crippen molar-refractivity contribution in [3.63, 3.8) is 0 Å². The molecule has 0 aliphatic heterocycles. The average molecular weight is 883 g/mol. The van der Waals surface area contributed by atoms with Crippen LogP contribution in [0, 0.1) is 0 Å². The van der Waals surface area contributed by atoms with Gasteiger partial charge in [0.1, 0.15) is 0 Å². The summed E-state index contributed by atoms with van der Waals surface area (Å²) in [6.45, 7) is 0. The van der Waals surface area contributed by atoms with Crippen LogP contribution in [0.4, 0.5) is 0 Å². The minimum atomic E-state index is -3.26. The fourth-order valence-corrected chi connectivity index (χ4v) is 18.4. The predicted molar refractivity (Wildman–Crippen MR) is 276 cm³/mol. The zero-order valence-corrected chi connectivity index (χ0v) is 37.3. The number of rotatable bonds is 6. The lowest BCUT2D eigenvalue weighted by Gasteiger charge is -2.32. The van der Waals surface area contributed by atoms with E-state index in [2.05, 4.69) is 179 Å². The van der Waals surface area contributed by atoms with Crippen LogP contribution in [-0.2, 0) is 0 Å². The van der Waals surface area contributed by atoms with Gasteiger partial charge in [-0.3, -0.25) is 19.9 Å². The minimum absolute atomic E-state index is 1.01. The lowest BCUT2D eigenvalue weighted by Crippen LogP contribution is -2.76. The van der Waals surface area contributed by atoms with Crippen LogP contribution in [0.5, 0.6) is 0 Å². The Morgan fingerprint density at radius 2 is 0.769 bits per heavy atom. The van der Waals surface area contributed by atoms with Crippen molar-refractivity contribution in [1.82, 2.24) is 29.1 Å². The van der Waals surface area contributed by atoms with E-state index in [-0.39, 0.29) is 0 Å². The van der Waals surface area contributed by atoms with Gasteiger partial charge >= 0.3 is 0 Å². The maximum absolute atomic E-state index is 5.54. The van der Waals surface area contributed by atoms with Crippen molar-refractivity contribution in [2.24, 2.45) is 0 Å². The summed E-state index contributed by atoms with van der Waals surface area (Å²) in [5, 5.41) is 11.8. The van der Waals surface area contributed by atoms with E-state index in [1.54, 1.807) is 0 Å². The lowest BCUT2D eigenvalue weighted by atomic mass is 10.1. The quantitative estimate of drug-likeness (QED) is 0.156. The second-order valence-corrected chi connectivity index (χ2v) is 22.3. The summed E-state index contributed by atoms with van der Waals surface area (Å²) in [5.74, 6) is 0. The van der Waals surface area contributed by atoms with Crippen molar-refractivity contribution in [3.8, 4) is 11.4 Å². The Morgan fingerprint density at radius 3 is 1.25 bits per heavy atom. The molecule has 65 heavy (non-hydrogen) atoms. The van der Waals surface area contributed by atoms with Crippen LogP contribution in [0.3, 0.4) is 0 Å². The summed E-state index contributed by atoms with van der Waals surface area (Å²) in [5.41, 5.74) is 8.71. The Bertz CT molecular complexity index is 3830. The number of pyridine rings is 4. The number of hydrogen-bond acceptors (Lipinski definition) is 6. The van der Waals surface area contributed by atoms with Crippen molar-refractivity contribution in [2.75, 3.05) is 0 Å². The van der Waals surface area contributed by atoms with Crippen molar-refractivity contribution in [3.05, 3.63) is 207 Å². The van der Waals surface area contributed by atoms with E-state index in [0.717, 1.165) is 65.9 Å². The van der Waals surface area contributed by atoms with Crippen molar-refractivity contribution < 1.29 is 0 Å². The van der Waals surface area contributed by atoms with Crippen LogP contribution in [-0.4, -0.2) is 37.1 Å². The minimum Gasteiger partial charge on any atom is -0.308 e. The fourth-order valence-electron chi connectivity index (χ4n) is 10.5. The van der Waals surface area contributed by atoms with Gasteiger partial charge in [-0.05, 0) is 95.3 Å². The van der Waals surface area contributed by atoms with Crippen LogP contribution >= 0.6 is 22.7 Å². The molecule has 0 unspecified atom stereocenters.